The van der Waals surface area contributed by atoms with Gasteiger partial charge in [0, 0.05) is 12.2 Å². The van der Waals surface area contributed by atoms with E-state index in [1.54, 1.807) is 11.3 Å². The van der Waals surface area contributed by atoms with Gasteiger partial charge in [0.05, 0.1) is 0 Å². The molecule has 0 spiro atoms. The topological polar surface area (TPSA) is 40.5 Å². The molecule has 1 heterocycles. The van der Waals surface area contributed by atoms with Crippen LogP contribution in [0.2, 0.25) is 0 Å². The van der Waals surface area contributed by atoms with E-state index >= 15 is 0 Å². The number of nitrogens with zero attached hydrogens (tertiary/aromatic N) is 1. The van der Waals surface area contributed by atoms with Crippen LogP contribution in [0.15, 0.2) is 47.2 Å². The van der Waals surface area contributed by atoms with E-state index < -0.39 is 5.97 Å². The van der Waals surface area contributed by atoms with Gasteiger partial charge in [-0.3, -0.25) is 4.79 Å². The van der Waals surface area contributed by atoms with Crippen molar-refractivity contribution < 1.29 is 9.90 Å². The van der Waals surface area contributed by atoms with Crippen LogP contribution in [-0.2, 0) is 11.3 Å². The fraction of sp³-hybridized carbons (Fsp3) is 0.154. The summed E-state index contributed by atoms with van der Waals surface area (Å²) in [6, 6.07) is 11.6. The van der Waals surface area contributed by atoms with Gasteiger partial charge in [0.1, 0.15) is 6.54 Å². The highest BCUT2D eigenvalue weighted by atomic mass is 32.1. The molecule has 4 heteroatoms. The average molecular weight is 247 g/mol. The van der Waals surface area contributed by atoms with Crippen molar-refractivity contribution in [2.24, 2.45) is 0 Å². The molecule has 88 valence electrons. The molecule has 0 aliphatic rings. The minimum atomic E-state index is -0.816. The first-order chi connectivity index (χ1) is 8.25. The van der Waals surface area contributed by atoms with Crippen LogP contribution in [0.3, 0.4) is 0 Å². The Morgan fingerprint density at radius 3 is 2.59 bits per heavy atom. The van der Waals surface area contributed by atoms with E-state index in [0.29, 0.717) is 6.54 Å². The Hall–Kier alpha value is -1.81. The largest absolute Gasteiger partial charge is 0.480 e. The number of carbonyl (C=O) groups is 1. The highest BCUT2D eigenvalue weighted by Gasteiger charge is 2.11. The van der Waals surface area contributed by atoms with Crippen LogP contribution in [0.25, 0.3) is 0 Å². The maximum Gasteiger partial charge on any atom is 0.323 e. The number of carboxylic acid groups (broad SMARTS) is 1. The molecule has 2 aromatic rings. The summed E-state index contributed by atoms with van der Waals surface area (Å²) in [6.45, 7) is 0.639. The van der Waals surface area contributed by atoms with Crippen molar-refractivity contribution in [3.63, 3.8) is 0 Å². The minimum Gasteiger partial charge on any atom is -0.480 e. The van der Waals surface area contributed by atoms with Crippen LogP contribution in [0.5, 0.6) is 0 Å². The molecule has 1 aromatic heterocycles. The first-order valence-electron chi connectivity index (χ1n) is 5.28. The van der Waals surface area contributed by atoms with Crippen molar-refractivity contribution >= 4 is 23.0 Å². The number of rotatable bonds is 5. The second-order valence-corrected chi connectivity index (χ2v) is 4.50. The Balaban J connectivity index is 2.16. The fourth-order valence-corrected chi connectivity index (χ4v) is 2.30. The molecule has 3 nitrogen and oxygen atoms in total. The fourth-order valence-electron chi connectivity index (χ4n) is 1.64. The van der Waals surface area contributed by atoms with E-state index in [0.717, 1.165) is 11.3 Å². The lowest BCUT2D eigenvalue weighted by Crippen LogP contribution is -2.28. The maximum absolute atomic E-state index is 10.9. The van der Waals surface area contributed by atoms with E-state index in [4.69, 9.17) is 5.11 Å². The highest BCUT2D eigenvalue weighted by Crippen LogP contribution is 2.17. The smallest absolute Gasteiger partial charge is 0.323 e. The Kier molecular flexibility index (Phi) is 3.77. The lowest BCUT2D eigenvalue weighted by Gasteiger charge is -2.22. The molecule has 0 fully saturated rings. The molecule has 0 bridgehead atoms. The van der Waals surface area contributed by atoms with Gasteiger partial charge >= 0.3 is 5.97 Å². The van der Waals surface area contributed by atoms with E-state index in [1.165, 1.54) is 0 Å². The number of carboxylic acids is 1. The number of anilines is 1. The zero-order valence-electron chi connectivity index (χ0n) is 9.24. The van der Waals surface area contributed by atoms with Gasteiger partial charge in [-0.15, -0.1) is 0 Å². The van der Waals surface area contributed by atoms with Crippen LogP contribution in [0, 0.1) is 0 Å². The van der Waals surface area contributed by atoms with Gasteiger partial charge < -0.3 is 10.0 Å². The predicted octanol–water partition coefficient (Wildman–Crippen LogP) is 2.84. The predicted molar refractivity (Wildman–Crippen MR) is 69.4 cm³/mol. The zero-order chi connectivity index (χ0) is 12.1. The Labute approximate surface area is 104 Å². The molecule has 1 N–H and O–H groups in total. The Morgan fingerprint density at radius 2 is 2.00 bits per heavy atom. The first-order valence-corrected chi connectivity index (χ1v) is 6.23. The van der Waals surface area contributed by atoms with Crippen molar-refractivity contribution in [2.75, 3.05) is 11.4 Å². The third kappa shape index (κ3) is 3.32. The zero-order valence-corrected chi connectivity index (χ0v) is 10.1. The Morgan fingerprint density at radius 1 is 1.24 bits per heavy atom. The number of thiophene rings is 1. The first kappa shape index (κ1) is 11.7. The highest BCUT2D eigenvalue weighted by molar-refractivity contribution is 7.07. The summed E-state index contributed by atoms with van der Waals surface area (Å²) >= 11 is 1.62. The molecule has 0 unspecified atom stereocenters. The molecule has 2 rings (SSSR count). The molecule has 0 aliphatic heterocycles. The van der Waals surface area contributed by atoms with Gasteiger partial charge in [0.15, 0.2) is 0 Å². The van der Waals surface area contributed by atoms with E-state index in [9.17, 15) is 4.79 Å². The Bertz CT molecular complexity index is 467. The number of hydrogen-bond acceptors (Lipinski definition) is 3. The SMILES string of the molecule is O=C(O)CN(Cc1ccsc1)c1ccccc1. The molecular formula is C13H13NO2S. The van der Waals surface area contributed by atoms with Gasteiger partial charge in [-0.1, -0.05) is 18.2 Å². The van der Waals surface area contributed by atoms with E-state index in [-0.39, 0.29) is 6.54 Å². The molecule has 0 radical (unpaired) electrons. The molecule has 0 aliphatic carbocycles. The number of aliphatic carboxylic acids is 1. The summed E-state index contributed by atoms with van der Waals surface area (Å²) < 4.78 is 0. The summed E-state index contributed by atoms with van der Waals surface area (Å²) in [5.41, 5.74) is 2.07. The van der Waals surface area contributed by atoms with Crippen LogP contribution >= 0.6 is 11.3 Å². The summed E-state index contributed by atoms with van der Waals surface area (Å²) in [5, 5.41) is 13.0. The van der Waals surface area contributed by atoms with Crippen molar-refractivity contribution in [2.45, 2.75) is 6.54 Å². The maximum atomic E-state index is 10.9. The van der Waals surface area contributed by atoms with Crippen LogP contribution in [0.1, 0.15) is 5.56 Å². The second kappa shape index (κ2) is 5.50. The van der Waals surface area contributed by atoms with Crippen molar-refractivity contribution in [1.29, 1.82) is 0 Å². The average Bonchev–Trinajstić information content (AvgIpc) is 2.82. The van der Waals surface area contributed by atoms with Crippen LogP contribution in [-0.4, -0.2) is 17.6 Å². The molecule has 17 heavy (non-hydrogen) atoms. The molecule has 0 amide bonds. The monoisotopic (exact) mass is 247 g/mol. The number of para-hydroxylation sites is 1. The summed E-state index contributed by atoms with van der Waals surface area (Å²) in [6.07, 6.45) is 0. The van der Waals surface area contributed by atoms with E-state index in [2.05, 4.69) is 0 Å². The number of hydrogen-bond donors (Lipinski definition) is 1. The van der Waals surface area contributed by atoms with Gasteiger partial charge in [0.25, 0.3) is 0 Å². The number of benzene rings is 1. The molecule has 0 atom stereocenters. The van der Waals surface area contributed by atoms with Gasteiger partial charge in [0.2, 0.25) is 0 Å². The summed E-state index contributed by atoms with van der Waals surface area (Å²) in [7, 11) is 0. The molecule has 0 saturated carbocycles. The second-order valence-electron chi connectivity index (χ2n) is 3.72. The molecular weight excluding hydrogens is 234 g/mol. The standard InChI is InChI=1S/C13H13NO2S/c15-13(16)9-14(8-11-6-7-17-10-11)12-4-2-1-3-5-12/h1-7,10H,8-9H2,(H,15,16). The summed E-state index contributed by atoms with van der Waals surface area (Å²) in [4.78, 5) is 12.7. The van der Waals surface area contributed by atoms with Crippen LogP contribution in [0.4, 0.5) is 5.69 Å². The van der Waals surface area contributed by atoms with Gasteiger partial charge in [-0.25, -0.2) is 0 Å². The van der Waals surface area contributed by atoms with Crippen molar-refractivity contribution in [3.8, 4) is 0 Å². The minimum absolute atomic E-state index is 0.0137. The lowest BCUT2D eigenvalue weighted by atomic mass is 10.2. The molecule has 0 saturated heterocycles. The van der Waals surface area contributed by atoms with E-state index in [1.807, 2.05) is 52.1 Å². The third-order valence-electron chi connectivity index (χ3n) is 2.40. The van der Waals surface area contributed by atoms with Crippen LogP contribution < -0.4 is 4.90 Å². The lowest BCUT2D eigenvalue weighted by molar-refractivity contribution is -0.135. The normalized spacial score (nSPS) is 10.1. The summed E-state index contributed by atoms with van der Waals surface area (Å²) in [5.74, 6) is -0.816. The quantitative estimate of drug-likeness (QED) is 0.883. The van der Waals surface area contributed by atoms with Crippen molar-refractivity contribution in [1.82, 2.24) is 0 Å². The third-order valence-corrected chi connectivity index (χ3v) is 3.13. The molecule has 1 aromatic carbocycles. The van der Waals surface area contributed by atoms with Gasteiger partial charge in [-0.2, -0.15) is 11.3 Å². The van der Waals surface area contributed by atoms with Gasteiger partial charge in [-0.05, 0) is 34.5 Å². The van der Waals surface area contributed by atoms with Crippen molar-refractivity contribution in [3.05, 3.63) is 52.7 Å².